The third kappa shape index (κ3) is 6.57. The van der Waals surface area contributed by atoms with Gasteiger partial charge in [-0.15, -0.1) is 0 Å². The van der Waals surface area contributed by atoms with Crippen molar-refractivity contribution in [1.82, 2.24) is 15.4 Å². The van der Waals surface area contributed by atoms with Crippen molar-refractivity contribution in [1.29, 1.82) is 5.26 Å². The number of hydrogen-bond acceptors (Lipinski definition) is 9. The van der Waals surface area contributed by atoms with Gasteiger partial charge in [0, 0.05) is 30.5 Å². The third-order valence-electron chi connectivity index (χ3n) is 4.67. The fourth-order valence-corrected chi connectivity index (χ4v) is 3.54. The molecule has 0 saturated carbocycles. The molecule has 0 unspecified atom stereocenters. The minimum Gasteiger partial charge on any atom is -0.353 e. The Balaban J connectivity index is 2.03. The Labute approximate surface area is 207 Å². The average molecular weight is 516 g/mol. The van der Waals surface area contributed by atoms with Crippen molar-refractivity contribution in [2.24, 2.45) is 0 Å². The van der Waals surface area contributed by atoms with Crippen LogP contribution in [-0.4, -0.2) is 44.2 Å². The van der Waals surface area contributed by atoms with Gasteiger partial charge in [-0.3, -0.25) is 13.9 Å². The van der Waals surface area contributed by atoms with Crippen LogP contribution in [0.2, 0.25) is 5.02 Å². The van der Waals surface area contributed by atoms with Crippen molar-refractivity contribution < 1.29 is 18.0 Å². The number of nitriles is 1. The van der Waals surface area contributed by atoms with Crippen molar-refractivity contribution in [3.8, 4) is 6.07 Å². The van der Waals surface area contributed by atoms with Gasteiger partial charge in [0.05, 0.1) is 41.1 Å². The van der Waals surface area contributed by atoms with Crippen molar-refractivity contribution in [3.05, 3.63) is 64.9 Å². The zero-order valence-electron chi connectivity index (χ0n) is 19.0. The van der Waals surface area contributed by atoms with Crippen LogP contribution >= 0.6 is 11.6 Å². The second kappa shape index (κ2) is 11.0. The van der Waals surface area contributed by atoms with E-state index >= 15 is 0 Å². The van der Waals surface area contributed by atoms with Crippen LogP contribution in [0.15, 0.2) is 48.8 Å². The molecule has 1 amide bonds. The highest BCUT2D eigenvalue weighted by Crippen LogP contribution is 2.34. The molecule has 1 aromatic carbocycles. The quantitative estimate of drug-likeness (QED) is 0.363. The van der Waals surface area contributed by atoms with Crippen molar-refractivity contribution in [3.63, 3.8) is 0 Å². The van der Waals surface area contributed by atoms with Gasteiger partial charge >= 0.3 is 0 Å². The van der Waals surface area contributed by atoms with E-state index in [-0.39, 0.29) is 17.9 Å². The Kier molecular flexibility index (Phi) is 8.08. The zero-order chi connectivity index (χ0) is 25.6. The number of rotatable bonds is 9. The maximum atomic E-state index is 12.7. The van der Waals surface area contributed by atoms with E-state index < -0.39 is 15.9 Å². The summed E-state index contributed by atoms with van der Waals surface area (Å²) in [6, 6.07) is 11.4. The molecule has 11 nitrogen and oxygen atoms in total. The molecule has 0 fully saturated rings. The summed E-state index contributed by atoms with van der Waals surface area (Å²) >= 11 is 6.11. The number of anilines is 5. The van der Waals surface area contributed by atoms with Gasteiger partial charge in [0.1, 0.15) is 17.7 Å². The van der Waals surface area contributed by atoms with Gasteiger partial charge in [-0.25, -0.2) is 23.9 Å². The number of benzene rings is 1. The Morgan fingerprint density at radius 2 is 1.86 bits per heavy atom. The normalized spacial score (nSPS) is 10.8. The third-order valence-corrected chi connectivity index (χ3v) is 6.10. The van der Waals surface area contributed by atoms with Crippen LogP contribution in [0.25, 0.3) is 0 Å². The lowest BCUT2D eigenvalue weighted by Gasteiger charge is -2.22. The van der Waals surface area contributed by atoms with Gasteiger partial charge in [-0.05, 0) is 37.3 Å². The molecule has 3 aromatic rings. The minimum absolute atomic E-state index is 0.139. The molecule has 35 heavy (non-hydrogen) atoms. The van der Waals surface area contributed by atoms with E-state index in [1.54, 1.807) is 37.3 Å². The van der Waals surface area contributed by atoms with Crippen LogP contribution in [0, 0.1) is 11.3 Å². The molecule has 3 N–H and O–H groups in total. The van der Waals surface area contributed by atoms with Gasteiger partial charge in [0.15, 0.2) is 0 Å². The lowest BCUT2D eigenvalue weighted by Crippen LogP contribution is -2.26. The average Bonchev–Trinajstić information content (AvgIpc) is 2.83. The second-order valence-corrected chi connectivity index (χ2v) is 9.62. The van der Waals surface area contributed by atoms with Crippen LogP contribution < -0.4 is 20.4 Å². The summed E-state index contributed by atoms with van der Waals surface area (Å²) in [5.41, 5.74) is 3.81. The first-order valence-corrected chi connectivity index (χ1v) is 12.4. The highest BCUT2D eigenvalue weighted by molar-refractivity contribution is 7.92. The first-order valence-electron chi connectivity index (χ1n) is 10.2. The number of nitrogens with zero attached hydrogens (tertiary/aromatic N) is 4. The van der Waals surface area contributed by atoms with E-state index in [1.165, 1.54) is 25.5 Å². The van der Waals surface area contributed by atoms with Crippen molar-refractivity contribution >= 4 is 56.2 Å². The Bertz CT molecular complexity index is 1380. The SMILES string of the molecule is CCONC(=O)c1cnc(Nc2ccc(C#N)cn2)cc1Nc1ccc(Cl)cc1N(C)S(C)(=O)=O. The molecule has 2 heterocycles. The number of amides is 1. The molecular weight excluding hydrogens is 494 g/mol. The van der Waals surface area contributed by atoms with Crippen LogP contribution in [0.1, 0.15) is 22.8 Å². The lowest BCUT2D eigenvalue weighted by atomic mass is 10.2. The standard InChI is InChI=1S/C22H22ClN7O4S/c1-4-34-29-22(31)16-13-26-21(28-20-8-5-14(11-24)12-25-20)10-18(16)27-17-7-6-15(23)9-19(17)30(2)35(3,32)33/h5-10,12-13H,4H2,1-3H3,(H,29,31)(H2,25,26,27,28). The van der Waals surface area contributed by atoms with Gasteiger partial charge in [0.25, 0.3) is 5.91 Å². The molecule has 0 aliphatic heterocycles. The fourth-order valence-electron chi connectivity index (χ4n) is 2.86. The van der Waals surface area contributed by atoms with Crippen LogP contribution in [0.4, 0.5) is 28.7 Å². The molecule has 0 bridgehead atoms. The van der Waals surface area contributed by atoms with Crippen LogP contribution in [-0.2, 0) is 14.9 Å². The highest BCUT2D eigenvalue weighted by atomic mass is 35.5. The number of halogens is 1. The topological polar surface area (TPSA) is 149 Å². The first kappa shape index (κ1) is 25.7. The number of carbonyl (C=O) groups excluding carboxylic acids is 1. The molecule has 0 radical (unpaired) electrons. The fraction of sp³-hybridized carbons (Fsp3) is 0.182. The smallest absolute Gasteiger partial charge is 0.278 e. The molecular formula is C22H22ClN7O4S. The molecule has 13 heteroatoms. The summed E-state index contributed by atoms with van der Waals surface area (Å²) in [5, 5.41) is 15.4. The van der Waals surface area contributed by atoms with Gasteiger partial charge < -0.3 is 10.6 Å². The van der Waals surface area contributed by atoms with E-state index in [9.17, 15) is 13.2 Å². The number of carbonyl (C=O) groups is 1. The number of hydroxylamine groups is 1. The molecule has 0 aliphatic rings. The summed E-state index contributed by atoms with van der Waals surface area (Å²) in [7, 11) is -2.21. The molecule has 0 spiro atoms. The van der Waals surface area contributed by atoms with E-state index in [0.29, 0.717) is 33.6 Å². The Morgan fingerprint density at radius 1 is 1.11 bits per heavy atom. The van der Waals surface area contributed by atoms with Gasteiger partial charge in [-0.1, -0.05) is 11.6 Å². The second-order valence-electron chi connectivity index (χ2n) is 7.17. The highest BCUT2D eigenvalue weighted by Gasteiger charge is 2.19. The number of hydrogen-bond donors (Lipinski definition) is 3. The Morgan fingerprint density at radius 3 is 2.49 bits per heavy atom. The summed E-state index contributed by atoms with van der Waals surface area (Å²) in [6.45, 7) is 1.97. The first-order chi connectivity index (χ1) is 16.6. The predicted octanol–water partition coefficient (Wildman–Crippen LogP) is 3.57. The van der Waals surface area contributed by atoms with E-state index in [1.807, 2.05) is 6.07 Å². The van der Waals surface area contributed by atoms with Gasteiger partial charge in [0.2, 0.25) is 10.0 Å². The molecule has 3 rings (SSSR count). The molecule has 0 atom stereocenters. The zero-order valence-corrected chi connectivity index (χ0v) is 20.6. The molecule has 182 valence electrons. The summed E-state index contributed by atoms with van der Waals surface area (Å²) in [6.07, 6.45) is 3.81. The summed E-state index contributed by atoms with van der Waals surface area (Å²) in [4.78, 5) is 26.1. The van der Waals surface area contributed by atoms with Gasteiger partial charge in [-0.2, -0.15) is 5.26 Å². The number of sulfonamides is 1. The molecule has 0 aliphatic carbocycles. The monoisotopic (exact) mass is 515 g/mol. The van der Waals surface area contributed by atoms with Crippen molar-refractivity contribution in [2.75, 3.05) is 34.8 Å². The van der Waals surface area contributed by atoms with Crippen LogP contribution in [0.5, 0.6) is 0 Å². The molecule has 2 aromatic heterocycles. The van der Waals surface area contributed by atoms with Crippen LogP contribution in [0.3, 0.4) is 0 Å². The minimum atomic E-state index is -3.60. The Hall–Kier alpha value is -3.92. The largest absolute Gasteiger partial charge is 0.353 e. The van der Waals surface area contributed by atoms with E-state index in [0.717, 1.165) is 10.6 Å². The molecule has 0 saturated heterocycles. The summed E-state index contributed by atoms with van der Waals surface area (Å²) < 4.78 is 25.4. The van der Waals surface area contributed by atoms with E-state index in [2.05, 4.69) is 26.1 Å². The number of pyridine rings is 2. The lowest BCUT2D eigenvalue weighted by molar-refractivity contribution is 0.0365. The maximum Gasteiger partial charge on any atom is 0.278 e. The number of nitrogens with one attached hydrogen (secondary N) is 3. The van der Waals surface area contributed by atoms with Crippen molar-refractivity contribution in [2.45, 2.75) is 6.92 Å². The number of aromatic nitrogens is 2. The predicted molar refractivity (Wildman–Crippen MR) is 134 cm³/mol. The maximum absolute atomic E-state index is 12.7. The summed E-state index contributed by atoms with van der Waals surface area (Å²) in [5.74, 6) is 0.208. The van der Waals surface area contributed by atoms with E-state index in [4.69, 9.17) is 21.7 Å².